The summed E-state index contributed by atoms with van der Waals surface area (Å²) < 4.78 is 5.01. The first-order chi connectivity index (χ1) is 20.4. The summed E-state index contributed by atoms with van der Waals surface area (Å²) in [5, 5.41) is 9.27. The van der Waals surface area contributed by atoms with Crippen LogP contribution < -0.4 is 9.80 Å². The fourth-order valence-corrected chi connectivity index (χ4v) is 9.24. The average molecular weight is 598 g/mol. The number of aliphatic hydroxyl groups excluding tert-OH is 1. The molecule has 0 aliphatic carbocycles. The van der Waals surface area contributed by atoms with Crippen LogP contribution in [-0.2, 0) is 19.1 Å². The van der Waals surface area contributed by atoms with E-state index in [2.05, 4.69) is 31.9 Å². The zero-order chi connectivity index (χ0) is 30.3. The highest BCUT2D eigenvalue weighted by molar-refractivity contribution is 8.02. The summed E-state index contributed by atoms with van der Waals surface area (Å²) in [6, 6.07) is 7.33. The van der Waals surface area contributed by atoms with Gasteiger partial charge in [-0.1, -0.05) is 12.2 Å². The third-order valence-corrected chi connectivity index (χ3v) is 11.0. The fourth-order valence-electron chi connectivity index (χ4n) is 7.04. The highest BCUT2D eigenvalue weighted by atomic mass is 32.2. The number of carbonyl (C=O) groups excluding carboxylic acids is 3. The summed E-state index contributed by atoms with van der Waals surface area (Å²) in [6.45, 7) is 14.8. The molecule has 2 amide bonds. The Morgan fingerprint density at radius 1 is 1.10 bits per heavy atom. The van der Waals surface area contributed by atoms with Crippen molar-refractivity contribution in [3.05, 3.63) is 49.6 Å². The van der Waals surface area contributed by atoms with E-state index < -0.39 is 22.6 Å². The molecule has 3 aliphatic rings. The maximum atomic E-state index is 14.7. The van der Waals surface area contributed by atoms with E-state index in [0.29, 0.717) is 45.4 Å². The van der Waals surface area contributed by atoms with E-state index in [1.54, 1.807) is 33.7 Å². The van der Waals surface area contributed by atoms with Crippen molar-refractivity contribution in [2.45, 2.75) is 74.8 Å². The molecule has 42 heavy (non-hydrogen) atoms. The first kappa shape index (κ1) is 32.1. The second-order valence-electron chi connectivity index (χ2n) is 11.4. The topological polar surface area (TPSA) is 90.4 Å². The third kappa shape index (κ3) is 6.13. The number of ether oxygens (including phenoxy) is 1. The normalized spacial score (nSPS) is 25.8. The molecular formula is C33H47N3O5S. The lowest BCUT2D eigenvalue weighted by Crippen LogP contribution is -2.55. The number of anilines is 2. The van der Waals surface area contributed by atoms with Crippen LogP contribution in [0.4, 0.5) is 11.4 Å². The van der Waals surface area contributed by atoms with Gasteiger partial charge in [-0.25, -0.2) is 0 Å². The molecule has 2 unspecified atom stereocenters. The summed E-state index contributed by atoms with van der Waals surface area (Å²) in [4.78, 5) is 48.0. The van der Waals surface area contributed by atoms with Gasteiger partial charge in [0.05, 0.1) is 23.2 Å². The number of unbranched alkanes of at least 4 members (excludes halogenated alkanes) is 3. The predicted octanol–water partition coefficient (Wildman–Crippen LogP) is 4.82. The Kier molecular flexibility index (Phi) is 11.2. The number of likely N-dealkylation sites (tertiary alicyclic amines) is 1. The molecule has 8 nitrogen and oxygen atoms in total. The lowest BCUT2D eigenvalue weighted by molar-refractivity contribution is -0.154. The highest BCUT2D eigenvalue weighted by Crippen LogP contribution is 2.66. The van der Waals surface area contributed by atoms with Crippen molar-refractivity contribution >= 4 is 40.9 Å². The van der Waals surface area contributed by atoms with E-state index in [0.717, 1.165) is 43.7 Å². The lowest BCUT2D eigenvalue weighted by Gasteiger charge is -2.37. The first-order valence-electron chi connectivity index (χ1n) is 15.5. The van der Waals surface area contributed by atoms with Crippen molar-refractivity contribution in [1.29, 1.82) is 0 Å². The van der Waals surface area contributed by atoms with E-state index in [1.807, 2.05) is 24.3 Å². The van der Waals surface area contributed by atoms with Crippen molar-refractivity contribution in [2.75, 3.05) is 49.2 Å². The Bertz CT molecular complexity index is 1120. The smallest absolute Gasteiger partial charge is 0.310 e. The quantitative estimate of drug-likeness (QED) is 0.157. The Balaban J connectivity index is 1.66. The molecule has 4 rings (SSSR count). The number of benzene rings is 1. The van der Waals surface area contributed by atoms with Crippen molar-refractivity contribution in [3.63, 3.8) is 0 Å². The van der Waals surface area contributed by atoms with E-state index >= 15 is 0 Å². The van der Waals surface area contributed by atoms with Crippen molar-refractivity contribution in [1.82, 2.24) is 4.90 Å². The Hall–Kier alpha value is -2.78. The van der Waals surface area contributed by atoms with Crippen LogP contribution in [0.2, 0.25) is 0 Å². The summed E-state index contributed by atoms with van der Waals surface area (Å²) in [7, 11) is 0. The van der Waals surface area contributed by atoms with Gasteiger partial charge in [0, 0.05) is 49.4 Å². The average Bonchev–Trinajstić information content (AvgIpc) is 3.64. The van der Waals surface area contributed by atoms with Crippen molar-refractivity contribution < 1.29 is 24.2 Å². The SMILES string of the molecule is C=CCCCOC(=O)[C@@H]1[C@@H]2CCC3(S2)C(C(=O)N(CC=C)c2ccc(N(CC)CC)cc2)N(CCCCCO)C(=O)[C@H]13. The van der Waals surface area contributed by atoms with Gasteiger partial charge in [0.2, 0.25) is 5.91 Å². The minimum absolute atomic E-state index is 0.0288. The second-order valence-corrected chi connectivity index (χ2v) is 13.0. The third-order valence-electron chi connectivity index (χ3n) is 9.03. The van der Waals surface area contributed by atoms with Gasteiger partial charge in [-0.05, 0) is 83.1 Å². The number of allylic oxidation sites excluding steroid dienone is 1. The molecule has 5 atom stereocenters. The summed E-state index contributed by atoms with van der Waals surface area (Å²) in [5.41, 5.74) is 1.86. The Morgan fingerprint density at radius 3 is 2.45 bits per heavy atom. The van der Waals surface area contributed by atoms with E-state index in [-0.39, 0.29) is 29.6 Å². The van der Waals surface area contributed by atoms with Crippen LogP contribution in [0, 0.1) is 11.8 Å². The predicted molar refractivity (Wildman–Crippen MR) is 170 cm³/mol. The summed E-state index contributed by atoms with van der Waals surface area (Å²) >= 11 is 1.66. The Morgan fingerprint density at radius 2 is 1.81 bits per heavy atom. The zero-order valence-electron chi connectivity index (χ0n) is 25.2. The molecule has 230 valence electrons. The lowest BCUT2D eigenvalue weighted by atomic mass is 9.71. The number of amides is 2. The minimum atomic E-state index is -0.680. The summed E-state index contributed by atoms with van der Waals surface area (Å²) in [6.07, 6.45) is 8.56. The fraction of sp³-hybridized carbons (Fsp3) is 0.606. The van der Waals surface area contributed by atoms with Gasteiger partial charge in [-0.3, -0.25) is 14.4 Å². The van der Waals surface area contributed by atoms with E-state index in [4.69, 9.17) is 4.74 Å². The molecule has 9 heteroatoms. The van der Waals surface area contributed by atoms with Crippen LogP contribution in [0.3, 0.4) is 0 Å². The molecule has 3 fully saturated rings. The molecule has 3 heterocycles. The van der Waals surface area contributed by atoms with Gasteiger partial charge >= 0.3 is 5.97 Å². The van der Waals surface area contributed by atoms with Crippen LogP contribution in [-0.4, -0.2) is 83.2 Å². The molecule has 1 N–H and O–H groups in total. The second kappa shape index (κ2) is 14.6. The molecule has 0 saturated carbocycles. The van der Waals surface area contributed by atoms with Gasteiger partial charge in [0.1, 0.15) is 6.04 Å². The van der Waals surface area contributed by atoms with Crippen LogP contribution in [0.15, 0.2) is 49.6 Å². The van der Waals surface area contributed by atoms with Gasteiger partial charge in [0.15, 0.2) is 0 Å². The molecule has 1 aromatic carbocycles. The number of aliphatic hydroxyl groups is 1. The van der Waals surface area contributed by atoms with Crippen LogP contribution in [0.25, 0.3) is 0 Å². The number of nitrogens with zero attached hydrogens (tertiary/aromatic N) is 3. The summed E-state index contributed by atoms with van der Waals surface area (Å²) in [5.74, 6) is -1.68. The van der Waals surface area contributed by atoms with Crippen molar-refractivity contribution in [3.8, 4) is 0 Å². The monoisotopic (exact) mass is 597 g/mol. The van der Waals surface area contributed by atoms with Gasteiger partial charge in [0.25, 0.3) is 5.91 Å². The first-order valence-corrected chi connectivity index (χ1v) is 16.4. The number of hydrogen-bond acceptors (Lipinski definition) is 7. The molecule has 1 spiro atoms. The molecular weight excluding hydrogens is 550 g/mol. The maximum absolute atomic E-state index is 14.7. The number of carbonyl (C=O) groups is 3. The minimum Gasteiger partial charge on any atom is -0.465 e. The van der Waals surface area contributed by atoms with Gasteiger partial charge in [-0.15, -0.1) is 24.9 Å². The Labute approximate surface area is 255 Å². The molecule has 1 aromatic rings. The molecule has 0 radical (unpaired) electrons. The number of rotatable bonds is 17. The largest absolute Gasteiger partial charge is 0.465 e. The number of esters is 1. The van der Waals surface area contributed by atoms with Crippen LogP contribution >= 0.6 is 11.8 Å². The van der Waals surface area contributed by atoms with Crippen molar-refractivity contribution in [2.24, 2.45) is 11.8 Å². The maximum Gasteiger partial charge on any atom is 0.310 e. The van der Waals surface area contributed by atoms with E-state index in [9.17, 15) is 19.5 Å². The van der Waals surface area contributed by atoms with Crippen LogP contribution in [0.1, 0.15) is 58.8 Å². The zero-order valence-corrected chi connectivity index (χ0v) is 26.0. The molecule has 0 aromatic heterocycles. The highest BCUT2D eigenvalue weighted by Gasteiger charge is 2.74. The molecule has 3 saturated heterocycles. The van der Waals surface area contributed by atoms with Gasteiger partial charge < -0.3 is 24.5 Å². The van der Waals surface area contributed by atoms with Gasteiger partial charge in [-0.2, -0.15) is 0 Å². The molecule has 2 bridgehead atoms. The number of fused-ring (bicyclic) bond motifs is 1. The van der Waals surface area contributed by atoms with Crippen LogP contribution in [0.5, 0.6) is 0 Å². The molecule has 3 aliphatic heterocycles. The number of hydrogen-bond donors (Lipinski definition) is 1. The standard InChI is InChI=1S/C33H47N3O5S/c1-5-9-13-23-41-32(40)27-26-18-19-33(42-26)28(27)30(38)36(21-11-10-12-22-37)29(33)31(39)35(20-6-2)25-16-14-24(15-17-25)34(7-3)8-4/h5-6,14-17,26-29,37H,1-2,7-13,18-23H2,3-4H3/t26-,27+,28-,29?,33?/m0/s1. The number of thioether (sulfide) groups is 1. The van der Waals surface area contributed by atoms with E-state index in [1.165, 1.54) is 0 Å².